The molecule has 1 aliphatic heterocycles. The van der Waals surface area contributed by atoms with Crippen LogP contribution in [0.15, 0.2) is 0 Å². The maximum Gasteiger partial charge on any atom is 0.304 e. The number of carbonyl (C=O) groups excluding carboxylic acids is 2. The highest BCUT2D eigenvalue weighted by atomic mass is 16.4. The first-order valence-corrected chi connectivity index (χ1v) is 6.55. The number of hydrogen-bond donors (Lipinski definition) is 1. The van der Waals surface area contributed by atoms with Crippen molar-refractivity contribution in [3.8, 4) is 0 Å². The fourth-order valence-electron chi connectivity index (χ4n) is 2.37. The minimum absolute atomic E-state index is 0.0449. The van der Waals surface area contributed by atoms with Crippen LogP contribution < -0.4 is 0 Å². The topological polar surface area (TPSA) is 74.7 Å². The third-order valence-electron chi connectivity index (χ3n) is 3.36. The maximum absolute atomic E-state index is 12.0. The Morgan fingerprint density at radius 1 is 1.44 bits per heavy atom. The number of nitrogens with zero attached hydrogens (tertiary/aromatic N) is 1. The molecule has 0 spiro atoms. The first kappa shape index (κ1) is 14.7. The van der Waals surface area contributed by atoms with Crippen molar-refractivity contribution < 1.29 is 19.5 Å². The fraction of sp³-hybridized carbons (Fsp3) is 0.769. The molecule has 2 atom stereocenters. The van der Waals surface area contributed by atoms with Gasteiger partial charge in [-0.15, -0.1) is 0 Å². The molecule has 1 saturated heterocycles. The molecule has 1 heterocycles. The van der Waals surface area contributed by atoms with Gasteiger partial charge in [0.1, 0.15) is 0 Å². The van der Waals surface area contributed by atoms with Crippen molar-refractivity contribution in [2.24, 2.45) is 5.92 Å². The summed E-state index contributed by atoms with van der Waals surface area (Å²) in [7, 11) is 0. The third-order valence-corrected chi connectivity index (χ3v) is 3.36. The third kappa shape index (κ3) is 3.55. The van der Waals surface area contributed by atoms with E-state index in [1.807, 2.05) is 6.92 Å². The van der Waals surface area contributed by atoms with E-state index >= 15 is 0 Å². The van der Waals surface area contributed by atoms with Crippen LogP contribution in [-0.4, -0.2) is 33.8 Å². The molecule has 5 heteroatoms. The van der Waals surface area contributed by atoms with Crippen molar-refractivity contribution in [2.45, 2.75) is 58.4 Å². The summed E-state index contributed by atoms with van der Waals surface area (Å²) in [4.78, 5) is 35.6. The Morgan fingerprint density at radius 3 is 2.67 bits per heavy atom. The predicted octanol–water partition coefficient (Wildman–Crippen LogP) is 1.81. The average molecular weight is 255 g/mol. The average Bonchev–Trinajstić information content (AvgIpc) is 2.53. The Morgan fingerprint density at radius 2 is 2.11 bits per heavy atom. The van der Waals surface area contributed by atoms with Crippen LogP contribution in [0, 0.1) is 5.92 Å². The largest absolute Gasteiger partial charge is 0.481 e. The summed E-state index contributed by atoms with van der Waals surface area (Å²) in [5.41, 5.74) is 0. The minimum Gasteiger partial charge on any atom is -0.481 e. The summed E-state index contributed by atoms with van der Waals surface area (Å²) in [6.07, 6.45) is 3.75. The highest BCUT2D eigenvalue weighted by molar-refractivity contribution is 6.04. The van der Waals surface area contributed by atoms with Crippen LogP contribution in [0.25, 0.3) is 0 Å². The van der Waals surface area contributed by atoms with Crippen LogP contribution in [0.2, 0.25) is 0 Å². The Balaban J connectivity index is 2.57. The van der Waals surface area contributed by atoms with Crippen molar-refractivity contribution in [1.82, 2.24) is 4.90 Å². The molecule has 0 bridgehead atoms. The van der Waals surface area contributed by atoms with Gasteiger partial charge in [-0.25, -0.2) is 0 Å². The van der Waals surface area contributed by atoms with Crippen molar-refractivity contribution in [2.75, 3.05) is 0 Å². The Labute approximate surface area is 107 Å². The molecule has 0 aromatic heterocycles. The van der Waals surface area contributed by atoms with Crippen LogP contribution >= 0.6 is 0 Å². The predicted molar refractivity (Wildman–Crippen MR) is 65.8 cm³/mol. The zero-order chi connectivity index (χ0) is 13.7. The van der Waals surface area contributed by atoms with Gasteiger partial charge in [0.15, 0.2) is 0 Å². The number of unbranched alkanes of at least 4 members (excludes halogenated alkanes) is 2. The van der Waals surface area contributed by atoms with E-state index in [0.717, 1.165) is 25.7 Å². The van der Waals surface area contributed by atoms with E-state index in [2.05, 4.69) is 6.92 Å². The van der Waals surface area contributed by atoms with Crippen molar-refractivity contribution in [3.05, 3.63) is 0 Å². The SMILES string of the molecule is CCCCCC(C)N1C(=O)CC(CC(=O)O)C1=O. The molecular weight excluding hydrogens is 234 g/mol. The van der Waals surface area contributed by atoms with E-state index < -0.39 is 11.9 Å². The molecule has 2 amide bonds. The fourth-order valence-corrected chi connectivity index (χ4v) is 2.37. The number of carbonyl (C=O) groups is 3. The molecule has 2 unspecified atom stereocenters. The summed E-state index contributed by atoms with van der Waals surface area (Å²) < 4.78 is 0. The summed E-state index contributed by atoms with van der Waals surface area (Å²) in [5, 5.41) is 8.69. The van der Waals surface area contributed by atoms with Crippen LogP contribution in [-0.2, 0) is 14.4 Å². The second-order valence-corrected chi connectivity index (χ2v) is 4.95. The van der Waals surface area contributed by atoms with E-state index in [0.29, 0.717) is 0 Å². The quantitative estimate of drug-likeness (QED) is 0.556. The van der Waals surface area contributed by atoms with E-state index in [-0.39, 0.29) is 30.7 Å². The molecule has 1 fully saturated rings. The van der Waals surface area contributed by atoms with Crippen LogP contribution in [0.3, 0.4) is 0 Å². The number of carboxylic acids is 1. The van der Waals surface area contributed by atoms with Crippen LogP contribution in [0.4, 0.5) is 0 Å². The summed E-state index contributed by atoms with van der Waals surface area (Å²) in [5.74, 6) is -2.23. The molecule has 0 aromatic rings. The molecular formula is C13H21NO4. The van der Waals surface area contributed by atoms with Gasteiger partial charge in [-0.1, -0.05) is 26.2 Å². The lowest BCUT2D eigenvalue weighted by Crippen LogP contribution is -2.38. The van der Waals surface area contributed by atoms with Gasteiger partial charge in [0, 0.05) is 12.5 Å². The number of imide groups is 1. The van der Waals surface area contributed by atoms with E-state index in [1.165, 1.54) is 4.90 Å². The summed E-state index contributed by atoms with van der Waals surface area (Å²) in [6.45, 7) is 3.95. The van der Waals surface area contributed by atoms with Crippen molar-refractivity contribution in [3.63, 3.8) is 0 Å². The van der Waals surface area contributed by atoms with E-state index in [1.54, 1.807) is 0 Å². The number of aliphatic carboxylic acids is 1. The van der Waals surface area contributed by atoms with E-state index in [9.17, 15) is 14.4 Å². The summed E-state index contributed by atoms with van der Waals surface area (Å²) >= 11 is 0. The molecule has 102 valence electrons. The molecule has 1 N–H and O–H groups in total. The lowest BCUT2D eigenvalue weighted by atomic mass is 10.0. The van der Waals surface area contributed by atoms with Crippen LogP contribution in [0.1, 0.15) is 52.4 Å². The smallest absolute Gasteiger partial charge is 0.304 e. The normalized spacial score (nSPS) is 21.4. The second kappa shape index (κ2) is 6.52. The van der Waals surface area contributed by atoms with Gasteiger partial charge in [0.05, 0.1) is 12.3 Å². The number of likely N-dealkylation sites (tertiary alicyclic amines) is 1. The van der Waals surface area contributed by atoms with Gasteiger partial charge in [0.25, 0.3) is 0 Å². The first-order valence-electron chi connectivity index (χ1n) is 6.55. The lowest BCUT2D eigenvalue weighted by molar-refractivity contribution is -0.145. The maximum atomic E-state index is 12.0. The Bertz CT molecular complexity index is 340. The number of hydrogen-bond acceptors (Lipinski definition) is 3. The Hall–Kier alpha value is -1.39. The van der Waals surface area contributed by atoms with Gasteiger partial charge < -0.3 is 5.11 Å². The molecule has 1 rings (SSSR count). The zero-order valence-electron chi connectivity index (χ0n) is 11.0. The molecule has 5 nitrogen and oxygen atoms in total. The zero-order valence-corrected chi connectivity index (χ0v) is 11.0. The van der Waals surface area contributed by atoms with Crippen LogP contribution in [0.5, 0.6) is 0 Å². The number of amides is 2. The highest BCUT2D eigenvalue weighted by Crippen LogP contribution is 2.26. The first-order chi connectivity index (χ1) is 8.47. The van der Waals surface area contributed by atoms with E-state index in [4.69, 9.17) is 5.11 Å². The molecule has 0 aromatic carbocycles. The molecule has 18 heavy (non-hydrogen) atoms. The van der Waals surface area contributed by atoms with Gasteiger partial charge in [-0.3, -0.25) is 19.3 Å². The lowest BCUT2D eigenvalue weighted by Gasteiger charge is -2.22. The van der Waals surface area contributed by atoms with Gasteiger partial charge in [-0.05, 0) is 13.3 Å². The second-order valence-electron chi connectivity index (χ2n) is 4.95. The monoisotopic (exact) mass is 255 g/mol. The minimum atomic E-state index is -1.03. The highest BCUT2D eigenvalue weighted by Gasteiger charge is 2.41. The standard InChI is InChI=1S/C13H21NO4/c1-3-4-5-6-9(2)14-11(15)7-10(13(14)18)8-12(16)17/h9-10H,3-8H2,1-2H3,(H,16,17). The number of carboxylic acid groups (broad SMARTS) is 1. The van der Waals surface area contributed by atoms with Gasteiger partial charge >= 0.3 is 5.97 Å². The van der Waals surface area contributed by atoms with Gasteiger partial charge in [-0.2, -0.15) is 0 Å². The van der Waals surface area contributed by atoms with Gasteiger partial charge in [0.2, 0.25) is 11.8 Å². The molecule has 0 saturated carbocycles. The van der Waals surface area contributed by atoms with Crippen molar-refractivity contribution >= 4 is 17.8 Å². The molecule has 0 aliphatic carbocycles. The Kier molecular flexibility index (Phi) is 5.31. The summed E-state index contributed by atoms with van der Waals surface area (Å²) in [6, 6.07) is -0.115. The van der Waals surface area contributed by atoms with Crippen molar-refractivity contribution in [1.29, 1.82) is 0 Å². The molecule has 0 radical (unpaired) electrons. The number of rotatable bonds is 7. The molecule has 1 aliphatic rings.